The first-order chi connectivity index (χ1) is 10.6. The third-order valence-electron chi connectivity index (χ3n) is 2.86. The van der Waals surface area contributed by atoms with Gasteiger partial charge < -0.3 is 10.2 Å². The van der Waals surface area contributed by atoms with Crippen LogP contribution in [0.2, 0.25) is 0 Å². The Morgan fingerprint density at radius 1 is 1.18 bits per heavy atom. The zero-order valence-corrected chi connectivity index (χ0v) is 14.0. The largest absolute Gasteiger partial charge is 0.377 e. The average molecular weight is 361 g/mol. The zero-order valence-electron chi connectivity index (χ0n) is 12.4. The number of benzene rings is 2. The number of para-hydroxylation sites is 1. The SMILES string of the molecule is CN(C)c1ccc(C=NNC(=O)Nc2ccccc2)cc1Br. The monoisotopic (exact) mass is 360 g/mol. The maximum Gasteiger partial charge on any atom is 0.339 e. The normalized spacial score (nSPS) is 10.5. The number of amides is 2. The Hall–Kier alpha value is -2.34. The summed E-state index contributed by atoms with van der Waals surface area (Å²) in [4.78, 5) is 13.7. The maximum atomic E-state index is 11.7. The molecule has 0 aliphatic heterocycles. The fraction of sp³-hybridized carbons (Fsp3) is 0.125. The smallest absolute Gasteiger partial charge is 0.339 e. The van der Waals surface area contributed by atoms with Gasteiger partial charge in [-0.15, -0.1) is 0 Å². The van der Waals surface area contributed by atoms with Gasteiger partial charge in [0, 0.05) is 24.3 Å². The Kier molecular flexibility index (Phi) is 5.55. The number of nitrogens with one attached hydrogen (secondary N) is 2. The molecule has 22 heavy (non-hydrogen) atoms. The number of nitrogens with zero attached hydrogens (tertiary/aromatic N) is 2. The molecular weight excluding hydrogens is 344 g/mol. The van der Waals surface area contributed by atoms with E-state index in [9.17, 15) is 4.79 Å². The first-order valence-corrected chi connectivity index (χ1v) is 7.47. The summed E-state index contributed by atoms with van der Waals surface area (Å²) in [5, 5.41) is 6.62. The predicted octanol–water partition coefficient (Wildman–Crippen LogP) is 3.67. The zero-order chi connectivity index (χ0) is 15.9. The van der Waals surface area contributed by atoms with Gasteiger partial charge in [0.2, 0.25) is 0 Å². The molecule has 0 saturated heterocycles. The summed E-state index contributed by atoms with van der Waals surface area (Å²) in [5.41, 5.74) is 5.11. The molecule has 0 unspecified atom stereocenters. The van der Waals surface area contributed by atoms with E-state index in [1.54, 1.807) is 18.3 Å². The van der Waals surface area contributed by atoms with Crippen LogP contribution in [0, 0.1) is 0 Å². The number of hydrazone groups is 1. The number of hydrogen-bond acceptors (Lipinski definition) is 3. The summed E-state index contributed by atoms with van der Waals surface area (Å²) in [6, 6.07) is 14.7. The van der Waals surface area contributed by atoms with Crippen molar-refractivity contribution in [1.29, 1.82) is 0 Å². The summed E-state index contributed by atoms with van der Waals surface area (Å²) in [6.45, 7) is 0. The van der Waals surface area contributed by atoms with Gasteiger partial charge in [0.1, 0.15) is 0 Å². The van der Waals surface area contributed by atoms with E-state index < -0.39 is 0 Å². The topological polar surface area (TPSA) is 56.7 Å². The number of carbonyl (C=O) groups excluding carboxylic acids is 1. The van der Waals surface area contributed by atoms with E-state index >= 15 is 0 Å². The second-order valence-electron chi connectivity index (χ2n) is 4.80. The van der Waals surface area contributed by atoms with E-state index in [2.05, 4.69) is 31.8 Å². The minimum absolute atomic E-state index is 0.383. The Balaban J connectivity index is 1.92. The molecule has 0 bridgehead atoms. The van der Waals surface area contributed by atoms with Gasteiger partial charge in [-0.05, 0) is 45.8 Å². The molecule has 2 amide bonds. The molecule has 0 aromatic heterocycles. The lowest BCUT2D eigenvalue weighted by molar-refractivity contribution is 0.252. The number of hydrogen-bond donors (Lipinski definition) is 2. The Bertz CT molecular complexity index is 671. The predicted molar refractivity (Wildman–Crippen MR) is 94.7 cm³/mol. The van der Waals surface area contributed by atoms with Crippen LogP contribution in [0.1, 0.15) is 5.56 Å². The van der Waals surface area contributed by atoms with Gasteiger partial charge in [-0.2, -0.15) is 5.10 Å². The molecule has 2 aromatic rings. The first-order valence-electron chi connectivity index (χ1n) is 6.68. The van der Waals surface area contributed by atoms with E-state index in [1.165, 1.54) is 0 Å². The second-order valence-corrected chi connectivity index (χ2v) is 5.65. The van der Waals surface area contributed by atoms with Crippen molar-refractivity contribution in [2.75, 3.05) is 24.3 Å². The van der Waals surface area contributed by atoms with Gasteiger partial charge >= 0.3 is 6.03 Å². The molecule has 114 valence electrons. The van der Waals surface area contributed by atoms with Crippen molar-refractivity contribution in [2.24, 2.45) is 5.10 Å². The number of anilines is 2. The number of carbonyl (C=O) groups is 1. The molecule has 0 aliphatic carbocycles. The molecule has 2 aromatic carbocycles. The molecule has 2 rings (SSSR count). The minimum Gasteiger partial charge on any atom is -0.377 e. The lowest BCUT2D eigenvalue weighted by atomic mass is 10.2. The van der Waals surface area contributed by atoms with Crippen LogP contribution in [0.5, 0.6) is 0 Å². The molecule has 0 spiro atoms. The van der Waals surface area contributed by atoms with Gasteiger partial charge in [-0.1, -0.05) is 24.3 Å². The highest BCUT2D eigenvalue weighted by Crippen LogP contribution is 2.25. The Labute approximate surface area is 138 Å². The van der Waals surface area contributed by atoms with E-state index in [0.29, 0.717) is 5.69 Å². The van der Waals surface area contributed by atoms with E-state index in [0.717, 1.165) is 15.7 Å². The molecular formula is C16H17BrN4O. The van der Waals surface area contributed by atoms with Crippen LogP contribution in [0.4, 0.5) is 16.2 Å². The molecule has 0 saturated carbocycles. The van der Waals surface area contributed by atoms with Gasteiger partial charge in [0.05, 0.1) is 11.9 Å². The standard InChI is InChI=1S/C16H17BrN4O/c1-21(2)15-9-8-12(10-14(15)17)11-18-20-16(22)19-13-6-4-3-5-7-13/h3-11H,1-2H3,(H2,19,20,22). The third kappa shape index (κ3) is 4.60. The van der Waals surface area contributed by atoms with Gasteiger partial charge in [0.25, 0.3) is 0 Å². The van der Waals surface area contributed by atoms with Crippen LogP contribution in [-0.4, -0.2) is 26.3 Å². The maximum absolute atomic E-state index is 11.7. The fourth-order valence-corrected chi connectivity index (χ4v) is 2.56. The van der Waals surface area contributed by atoms with Crippen molar-refractivity contribution in [2.45, 2.75) is 0 Å². The third-order valence-corrected chi connectivity index (χ3v) is 3.50. The lowest BCUT2D eigenvalue weighted by Gasteiger charge is -2.14. The van der Waals surface area contributed by atoms with E-state index in [4.69, 9.17) is 0 Å². The molecule has 6 heteroatoms. The summed E-state index contributed by atoms with van der Waals surface area (Å²) in [6.07, 6.45) is 1.59. The van der Waals surface area contributed by atoms with Gasteiger partial charge in [-0.3, -0.25) is 0 Å². The molecule has 0 heterocycles. The fourth-order valence-electron chi connectivity index (χ4n) is 1.81. The van der Waals surface area contributed by atoms with Crippen LogP contribution in [-0.2, 0) is 0 Å². The van der Waals surface area contributed by atoms with Gasteiger partial charge in [-0.25, -0.2) is 10.2 Å². The molecule has 0 atom stereocenters. The average Bonchev–Trinajstić information content (AvgIpc) is 2.48. The van der Waals surface area contributed by atoms with Crippen LogP contribution in [0.3, 0.4) is 0 Å². The van der Waals surface area contributed by atoms with Crippen LogP contribution in [0.15, 0.2) is 58.1 Å². The molecule has 0 aliphatic rings. The van der Waals surface area contributed by atoms with Gasteiger partial charge in [0.15, 0.2) is 0 Å². The van der Waals surface area contributed by atoms with Crippen molar-refractivity contribution in [3.05, 3.63) is 58.6 Å². The molecule has 0 fully saturated rings. The van der Waals surface area contributed by atoms with Crippen molar-refractivity contribution in [3.8, 4) is 0 Å². The van der Waals surface area contributed by atoms with E-state index in [1.807, 2.05) is 55.4 Å². The van der Waals surface area contributed by atoms with Crippen LogP contribution >= 0.6 is 15.9 Å². The van der Waals surface area contributed by atoms with Crippen molar-refractivity contribution in [1.82, 2.24) is 5.43 Å². The second kappa shape index (κ2) is 7.61. The summed E-state index contributed by atoms with van der Waals surface area (Å²) < 4.78 is 0.968. The van der Waals surface area contributed by atoms with Crippen molar-refractivity contribution < 1.29 is 4.79 Å². The first kappa shape index (κ1) is 16.0. The molecule has 0 radical (unpaired) electrons. The molecule has 2 N–H and O–H groups in total. The number of rotatable bonds is 4. The lowest BCUT2D eigenvalue weighted by Crippen LogP contribution is -2.24. The Morgan fingerprint density at radius 2 is 1.91 bits per heavy atom. The van der Waals surface area contributed by atoms with Crippen molar-refractivity contribution in [3.63, 3.8) is 0 Å². The van der Waals surface area contributed by atoms with Crippen LogP contribution in [0.25, 0.3) is 0 Å². The van der Waals surface area contributed by atoms with Crippen LogP contribution < -0.4 is 15.6 Å². The number of urea groups is 1. The quantitative estimate of drug-likeness (QED) is 0.645. The van der Waals surface area contributed by atoms with E-state index in [-0.39, 0.29) is 6.03 Å². The molecule has 5 nitrogen and oxygen atoms in total. The minimum atomic E-state index is -0.383. The summed E-state index contributed by atoms with van der Waals surface area (Å²) in [7, 11) is 3.95. The number of halogens is 1. The highest BCUT2D eigenvalue weighted by Gasteiger charge is 2.02. The van der Waals surface area contributed by atoms with Crippen molar-refractivity contribution >= 4 is 39.6 Å². The summed E-state index contributed by atoms with van der Waals surface area (Å²) >= 11 is 3.51. The highest BCUT2D eigenvalue weighted by molar-refractivity contribution is 9.10. The summed E-state index contributed by atoms with van der Waals surface area (Å²) in [5.74, 6) is 0. The highest BCUT2D eigenvalue weighted by atomic mass is 79.9. The Morgan fingerprint density at radius 3 is 2.55 bits per heavy atom.